The van der Waals surface area contributed by atoms with E-state index in [9.17, 15) is 5.11 Å². The summed E-state index contributed by atoms with van der Waals surface area (Å²) in [4.78, 5) is 7.03. The van der Waals surface area contributed by atoms with E-state index < -0.39 is 6.10 Å². The van der Waals surface area contributed by atoms with E-state index in [0.717, 1.165) is 62.5 Å². The standard InChI is InChI=1S/C22H35ClN4O2/c1-2-24-22(25-13-21(28)16-29-15-18-3-4-18)26-20-9-11-27(12-10-20)14-17-5-7-19(23)8-6-17/h5-8,18,20-21,28H,2-4,9-16H2,1H3,(H2,24,25,26). The van der Waals surface area contributed by atoms with E-state index in [4.69, 9.17) is 16.3 Å². The van der Waals surface area contributed by atoms with Crippen LogP contribution in [0.2, 0.25) is 5.02 Å². The number of hydrogen-bond acceptors (Lipinski definition) is 4. The zero-order valence-electron chi connectivity index (χ0n) is 17.4. The highest BCUT2D eigenvalue weighted by Gasteiger charge is 2.22. The Morgan fingerprint density at radius 3 is 2.62 bits per heavy atom. The highest BCUT2D eigenvalue weighted by Crippen LogP contribution is 2.28. The van der Waals surface area contributed by atoms with Crippen LogP contribution in [0.15, 0.2) is 29.3 Å². The normalized spacial score (nSPS) is 19.9. The minimum atomic E-state index is -0.551. The van der Waals surface area contributed by atoms with Gasteiger partial charge < -0.3 is 20.5 Å². The van der Waals surface area contributed by atoms with E-state index in [1.165, 1.54) is 18.4 Å². The number of likely N-dealkylation sites (tertiary alicyclic amines) is 1. The minimum absolute atomic E-state index is 0.357. The number of hydrogen-bond donors (Lipinski definition) is 3. The lowest BCUT2D eigenvalue weighted by atomic mass is 10.0. The molecule has 0 radical (unpaired) electrons. The second-order valence-electron chi connectivity index (χ2n) is 8.18. The molecule has 29 heavy (non-hydrogen) atoms. The smallest absolute Gasteiger partial charge is 0.191 e. The molecule has 3 N–H and O–H groups in total. The summed E-state index contributed by atoms with van der Waals surface area (Å²) in [5, 5.41) is 17.7. The van der Waals surface area contributed by atoms with Gasteiger partial charge in [-0.1, -0.05) is 23.7 Å². The van der Waals surface area contributed by atoms with E-state index in [-0.39, 0.29) is 0 Å². The number of piperidine rings is 1. The maximum atomic E-state index is 10.1. The van der Waals surface area contributed by atoms with E-state index in [0.29, 0.717) is 19.2 Å². The van der Waals surface area contributed by atoms with Crippen molar-refractivity contribution in [2.24, 2.45) is 10.9 Å². The molecule has 1 aromatic carbocycles. The molecule has 7 heteroatoms. The van der Waals surface area contributed by atoms with Crippen molar-refractivity contribution in [3.63, 3.8) is 0 Å². The number of benzene rings is 1. The molecule has 1 heterocycles. The molecule has 2 fully saturated rings. The summed E-state index contributed by atoms with van der Waals surface area (Å²) in [6, 6.07) is 8.51. The number of nitrogens with one attached hydrogen (secondary N) is 2. The fourth-order valence-electron chi connectivity index (χ4n) is 3.50. The average molecular weight is 423 g/mol. The molecule has 1 aromatic rings. The molecule has 6 nitrogen and oxygen atoms in total. The Kier molecular flexibility index (Phi) is 9.05. The minimum Gasteiger partial charge on any atom is -0.389 e. The molecule has 1 aliphatic carbocycles. The molecule has 2 aliphatic rings. The summed E-state index contributed by atoms with van der Waals surface area (Å²) in [6.07, 6.45) is 4.13. The van der Waals surface area contributed by atoms with Crippen LogP contribution < -0.4 is 10.6 Å². The predicted octanol–water partition coefficient (Wildman–Crippen LogP) is 2.65. The van der Waals surface area contributed by atoms with Gasteiger partial charge in [0, 0.05) is 43.9 Å². The molecule has 0 aromatic heterocycles. The van der Waals surface area contributed by atoms with Gasteiger partial charge in [0.1, 0.15) is 0 Å². The number of halogens is 1. The van der Waals surface area contributed by atoms with Crippen LogP contribution in [0, 0.1) is 5.92 Å². The van der Waals surface area contributed by atoms with Crippen LogP contribution in [0.4, 0.5) is 0 Å². The first-order valence-corrected chi connectivity index (χ1v) is 11.3. The number of ether oxygens (including phenoxy) is 1. The Morgan fingerprint density at radius 2 is 1.97 bits per heavy atom. The number of rotatable bonds is 10. The van der Waals surface area contributed by atoms with E-state index in [1.54, 1.807) is 0 Å². The van der Waals surface area contributed by atoms with Crippen LogP contribution in [0.3, 0.4) is 0 Å². The van der Waals surface area contributed by atoms with Crippen LogP contribution in [0.1, 0.15) is 38.2 Å². The second-order valence-corrected chi connectivity index (χ2v) is 8.61. The Bertz CT molecular complexity index is 628. The highest BCUT2D eigenvalue weighted by molar-refractivity contribution is 6.30. The van der Waals surface area contributed by atoms with Gasteiger partial charge in [0.15, 0.2) is 5.96 Å². The first kappa shape index (κ1) is 22.3. The van der Waals surface area contributed by atoms with Crippen LogP contribution in [-0.2, 0) is 11.3 Å². The maximum Gasteiger partial charge on any atom is 0.191 e. The monoisotopic (exact) mass is 422 g/mol. The highest BCUT2D eigenvalue weighted by atomic mass is 35.5. The summed E-state index contributed by atoms with van der Waals surface area (Å²) in [5.74, 6) is 1.50. The van der Waals surface area contributed by atoms with Crippen LogP contribution in [0.5, 0.6) is 0 Å². The molecule has 1 saturated heterocycles. The molecule has 3 rings (SSSR count). The molecule has 0 amide bonds. The lowest BCUT2D eigenvalue weighted by molar-refractivity contribution is 0.0368. The maximum absolute atomic E-state index is 10.1. The van der Waals surface area contributed by atoms with Crippen LogP contribution in [-0.4, -0.2) is 67.5 Å². The van der Waals surface area contributed by atoms with Gasteiger partial charge in [-0.3, -0.25) is 9.89 Å². The third-order valence-corrected chi connectivity index (χ3v) is 5.66. The molecule has 1 aliphatic heterocycles. The fourth-order valence-corrected chi connectivity index (χ4v) is 3.63. The van der Waals surface area contributed by atoms with Gasteiger partial charge in [0.2, 0.25) is 0 Å². The van der Waals surface area contributed by atoms with Crippen LogP contribution >= 0.6 is 11.6 Å². The van der Waals surface area contributed by atoms with E-state index in [1.807, 2.05) is 12.1 Å². The fraction of sp³-hybridized carbons (Fsp3) is 0.682. The largest absolute Gasteiger partial charge is 0.389 e. The Morgan fingerprint density at radius 1 is 1.24 bits per heavy atom. The van der Waals surface area contributed by atoms with Gasteiger partial charge in [0.05, 0.1) is 19.3 Å². The molecule has 0 spiro atoms. The molecule has 0 bridgehead atoms. The van der Waals surface area contributed by atoms with Crippen molar-refractivity contribution in [3.8, 4) is 0 Å². The van der Waals surface area contributed by atoms with Gasteiger partial charge in [-0.2, -0.15) is 0 Å². The molecular formula is C22H35ClN4O2. The topological polar surface area (TPSA) is 69.1 Å². The lowest BCUT2D eigenvalue weighted by Crippen LogP contribution is -2.48. The first-order chi connectivity index (χ1) is 14.1. The summed E-state index contributed by atoms with van der Waals surface area (Å²) in [7, 11) is 0. The predicted molar refractivity (Wildman–Crippen MR) is 118 cm³/mol. The number of guanidine groups is 1. The summed E-state index contributed by atoms with van der Waals surface area (Å²) in [5.41, 5.74) is 1.30. The van der Waals surface area contributed by atoms with Crippen molar-refractivity contribution < 1.29 is 9.84 Å². The van der Waals surface area contributed by atoms with Crippen molar-refractivity contribution >= 4 is 17.6 Å². The molecule has 1 saturated carbocycles. The van der Waals surface area contributed by atoms with E-state index in [2.05, 4.69) is 39.6 Å². The summed E-state index contributed by atoms with van der Waals surface area (Å²) >= 11 is 5.97. The number of aliphatic imine (C=N–C) groups is 1. The van der Waals surface area contributed by atoms with Crippen molar-refractivity contribution in [2.75, 3.05) is 39.4 Å². The SMILES string of the molecule is CCNC(=NCC(O)COCC1CC1)NC1CCN(Cc2ccc(Cl)cc2)CC1. The van der Waals surface area contributed by atoms with Crippen molar-refractivity contribution in [1.82, 2.24) is 15.5 Å². The number of aliphatic hydroxyl groups is 1. The molecule has 1 unspecified atom stereocenters. The number of nitrogens with zero attached hydrogens (tertiary/aromatic N) is 2. The summed E-state index contributed by atoms with van der Waals surface area (Å²) < 4.78 is 5.56. The van der Waals surface area contributed by atoms with Gasteiger partial charge in [0.25, 0.3) is 0 Å². The molecular weight excluding hydrogens is 388 g/mol. The zero-order valence-corrected chi connectivity index (χ0v) is 18.2. The quantitative estimate of drug-likeness (QED) is 0.399. The second kappa shape index (κ2) is 11.7. The Balaban J connectivity index is 1.37. The number of aliphatic hydroxyl groups excluding tert-OH is 1. The lowest BCUT2D eigenvalue weighted by Gasteiger charge is -2.33. The van der Waals surface area contributed by atoms with Crippen LogP contribution in [0.25, 0.3) is 0 Å². The molecule has 1 atom stereocenters. The van der Waals surface area contributed by atoms with Gasteiger partial charge in [-0.05, 0) is 56.2 Å². The van der Waals surface area contributed by atoms with Crippen molar-refractivity contribution in [3.05, 3.63) is 34.9 Å². The Labute approximate surface area is 179 Å². The molecule has 162 valence electrons. The third-order valence-electron chi connectivity index (χ3n) is 5.41. The zero-order chi connectivity index (χ0) is 20.5. The Hall–Kier alpha value is -1.34. The third kappa shape index (κ3) is 8.51. The van der Waals surface area contributed by atoms with Gasteiger partial charge in [-0.25, -0.2) is 0 Å². The average Bonchev–Trinajstić information content (AvgIpc) is 3.54. The van der Waals surface area contributed by atoms with E-state index >= 15 is 0 Å². The van der Waals surface area contributed by atoms with Crippen molar-refractivity contribution in [1.29, 1.82) is 0 Å². The summed E-state index contributed by atoms with van der Waals surface area (Å²) in [6.45, 7) is 7.42. The van der Waals surface area contributed by atoms with Crippen molar-refractivity contribution in [2.45, 2.75) is 51.3 Å². The van der Waals surface area contributed by atoms with Gasteiger partial charge in [-0.15, -0.1) is 0 Å². The van der Waals surface area contributed by atoms with Gasteiger partial charge >= 0.3 is 0 Å². The first-order valence-electron chi connectivity index (χ1n) is 10.9.